The summed E-state index contributed by atoms with van der Waals surface area (Å²) >= 11 is 0. The third kappa shape index (κ3) is 7.50. The first-order valence-corrected chi connectivity index (χ1v) is 17.1. The molecule has 1 atom stereocenters. The predicted molar refractivity (Wildman–Crippen MR) is 183 cm³/mol. The van der Waals surface area contributed by atoms with Crippen LogP contribution < -0.4 is 20.3 Å². The Morgan fingerprint density at radius 3 is 2.32 bits per heavy atom. The Balaban J connectivity index is 1.14. The molecule has 1 spiro atoms. The van der Waals surface area contributed by atoms with E-state index in [-0.39, 0.29) is 34.6 Å². The highest BCUT2D eigenvalue weighted by atomic mass is 16.5. The second-order valence-corrected chi connectivity index (χ2v) is 15.1. The summed E-state index contributed by atoms with van der Waals surface area (Å²) in [6.07, 6.45) is 12.1. The van der Waals surface area contributed by atoms with Gasteiger partial charge in [0.15, 0.2) is 0 Å². The van der Waals surface area contributed by atoms with Gasteiger partial charge >= 0.3 is 6.01 Å². The van der Waals surface area contributed by atoms with Crippen LogP contribution in [0.15, 0.2) is 36.9 Å². The molecular formula is C36H50N8O3. The molecule has 3 aromatic heterocycles. The maximum Gasteiger partial charge on any atom is 0.316 e. The molecule has 3 fully saturated rings. The van der Waals surface area contributed by atoms with Crippen LogP contribution in [0, 0.1) is 17.3 Å². The number of methoxy groups -OCH3 is 1. The minimum Gasteiger partial charge on any atom is -0.467 e. The fourth-order valence-electron chi connectivity index (χ4n) is 7.07. The van der Waals surface area contributed by atoms with Crippen molar-refractivity contribution in [2.45, 2.75) is 84.1 Å². The zero-order chi connectivity index (χ0) is 33.2. The van der Waals surface area contributed by atoms with Gasteiger partial charge in [-0.25, -0.2) is 15.0 Å². The first-order valence-electron chi connectivity index (χ1n) is 17.1. The number of anilines is 2. The summed E-state index contributed by atoms with van der Waals surface area (Å²) in [6, 6.07) is 4.55. The lowest BCUT2D eigenvalue weighted by Gasteiger charge is -2.38. The Kier molecular flexibility index (Phi) is 9.64. The molecule has 3 aromatic rings. The monoisotopic (exact) mass is 642 g/mol. The molecule has 0 bridgehead atoms. The Labute approximate surface area is 278 Å². The lowest BCUT2D eigenvalue weighted by atomic mass is 9.76. The van der Waals surface area contributed by atoms with E-state index in [1.165, 1.54) is 5.56 Å². The van der Waals surface area contributed by atoms with Gasteiger partial charge in [-0.15, -0.1) is 0 Å². The molecule has 5 heterocycles. The average molecular weight is 643 g/mol. The lowest BCUT2D eigenvalue weighted by Crippen LogP contribution is -2.45. The smallest absolute Gasteiger partial charge is 0.316 e. The predicted octanol–water partition coefficient (Wildman–Crippen LogP) is 5.39. The molecule has 3 aliphatic rings. The lowest BCUT2D eigenvalue weighted by molar-refractivity contribution is -0.124. The van der Waals surface area contributed by atoms with Crippen molar-refractivity contribution in [1.29, 1.82) is 0 Å². The summed E-state index contributed by atoms with van der Waals surface area (Å²) in [5, 5.41) is 6.86. The van der Waals surface area contributed by atoms with Gasteiger partial charge in [-0.05, 0) is 55.4 Å². The zero-order valence-corrected chi connectivity index (χ0v) is 28.8. The van der Waals surface area contributed by atoms with Crippen LogP contribution in [-0.2, 0) is 14.9 Å². The summed E-state index contributed by atoms with van der Waals surface area (Å²) in [6.45, 7) is 15.2. The highest BCUT2D eigenvalue weighted by Crippen LogP contribution is 2.42. The molecule has 1 amide bonds. The molecular weight excluding hydrogens is 592 g/mol. The highest BCUT2D eigenvalue weighted by Gasteiger charge is 2.45. The quantitative estimate of drug-likeness (QED) is 0.297. The van der Waals surface area contributed by atoms with E-state index in [1.54, 1.807) is 19.5 Å². The van der Waals surface area contributed by atoms with Crippen molar-refractivity contribution in [3.8, 4) is 17.1 Å². The number of carbonyl (C=O) groups excluding carboxylic acids is 1. The van der Waals surface area contributed by atoms with Gasteiger partial charge in [0.05, 0.1) is 31.9 Å². The van der Waals surface area contributed by atoms with Gasteiger partial charge in [0.1, 0.15) is 5.82 Å². The van der Waals surface area contributed by atoms with Crippen LogP contribution in [0.3, 0.4) is 0 Å². The Morgan fingerprint density at radius 1 is 1.02 bits per heavy atom. The molecule has 11 nitrogen and oxygen atoms in total. The average Bonchev–Trinajstić information content (AvgIpc) is 3.52. The van der Waals surface area contributed by atoms with Crippen LogP contribution in [0.25, 0.3) is 11.1 Å². The van der Waals surface area contributed by atoms with Gasteiger partial charge < -0.3 is 25.0 Å². The van der Waals surface area contributed by atoms with Crippen LogP contribution in [-0.4, -0.2) is 76.8 Å². The number of nitrogens with zero attached hydrogens (tertiary/aromatic N) is 6. The van der Waals surface area contributed by atoms with Gasteiger partial charge in [0, 0.05) is 72.6 Å². The maximum atomic E-state index is 13.7. The summed E-state index contributed by atoms with van der Waals surface area (Å²) in [4.78, 5) is 39.3. The summed E-state index contributed by atoms with van der Waals surface area (Å²) in [5.41, 5.74) is 3.94. The molecule has 6 rings (SSSR count). The fraction of sp³-hybridized carbons (Fsp3) is 0.611. The van der Waals surface area contributed by atoms with E-state index in [1.807, 2.05) is 24.5 Å². The number of hydrogen-bond acceptors (Lipinski definition) is 10. The van der Waals surface area contributed by atoms with E-state index >= 15 is 0 Å². The number of nitrogens with one attached hydrogen (secondary N) is 2. The second kappa shape index (κ2) is 13.7. The van der Waals surface area contributed by atoms with E-state index in [2.05, 4.69) is 60.1 Å². The number of ether oxygens (including phenoxy) is 2. The number of carbonyl (C=O) groups is 1. The molecule has 252 valence electrons. The second-order valence-electron chi connectivity index (χ2n) is 15.1. The minimum absolute atomic E-state index is 0.0501. The molecule has 0 radical (unpaired) electrons. The van der Waals surface area contributed by atoms with Crippen LogP contribution in [0.4, 0.5) is 11.8 Å². The van der Waals surface area contributed by atoms with E-state index in [4.69, 9.17) is 24.4 Å². The van der Waals surface area contributed by atoms with Crippen LogP contribution in [0.5, 0.6) is 6.01 Å². The third-order valence-corrected chi connectivity index (χ3v) is 9.92. The number of amides is 1. The van der Waals surface area contributed by atoms with Gasteiger partial charge in [0.2, 0.25) is 11.9 Å². The van der Waals surface area contributed by atoms with E-state index < -0.39 is 0 Å². The number of hydrogen-bond donors (Lipinski definition) is 2. The summed E-state index contributed by atoms with van der Waals surface area (Å²) < 4.78 is 10.7. The molecule has 11 heteroatoms. The van der Waals surface area contributed by atoms with Crippen LogP contribution in [0.2, 0.25) is 0 Å². The summed E-state index contributed by atoms with van der Waals surface area (Å²) in [5.74, 6) is 2.02. The summed E-state index contributed by atoms with van der Waals surface area (Å²) in [7, 11) is 1.54. The Bertz CT molecular complexity index is 1510. The van der Waals surface area contributed by atoms with Gasteiger partial charge in [-0.3, -0.25) is 9.78 Å². The fourth-order valence-corrected chi connectivity index (χ4v) is 7.07. The van der Waals surface area contributed by atoms with Crippen molar-refractivity contribution in [3.63, 3.8) is 0 Å². The van der Waals surface area contributed by atoms with Crippen molar-refractivity contribution in [2.75, 3.05) is 50.2 Å². The number of rotatable bonds is 10. The molecule has 2 aliphatic heterocycles. The molecule has 47 heavy (non-hydrogen) atoms. The van der Waals surface area contributed by atoms with Gasteiger partial charge in [0.25, 0.3) is 0 Å². The SMILES string of the molecule is COc1ncc(-c2ccc(C(C(=O)NCC(C)C)C3CCC(Nc4ncc(C(C)(C)C)c(N5CCC6(COC6)C5)n4)CC3)nc2)cn1. The standard InChI is InChI=1S/C36H50N8O3/c1-23(2)15-38-32(45)30(29-12-9-25(16-37-29)26-17-40-34(46-6)41-18-26)24-7-10-27(11-8-24)42-33-39-19-28(35(3,4)5)31(43-33)44-14-13-36(20-44)21-47-22-36/h9,12,16-19,23-24,27,30H,7-8,10-11,13-15,20-22H2,1-6H3,(H,38,45)(H,39,42,43). The van der Waals surface area contributed by atoms with Crippen molar-refractivity contribution < 1.29 is 14.3 Å². The van der Waals surface area contributed by atoms with Crippen molar-refractivity contribution in [2.24, 2.45) is 17.3 Å². The van der Waals surface area contributed by atoms with Crippen molar-refractivity contribution in [1.82, 2.24) is 30.2 Å². The largest absolute Gasteiger partial charge is 0.467 e. The molecule has 2 N–H and O–H groups in total. The minimum atomic E-state index is -0.317. The number of aromatic nitrogens is 5. The topological polar surface area (TPSA) is 127 Å². The van der Waals surface area contributed by atoms with Crippen molar-refractivity contribution >= 4 is 17.7 Å². The zero-order valence-electron chi connectivity index (χ0n) is 28.8. The van der Waals surface area contributed by atoms with E-state index in [0.29, 0.717) is 24.4 Å². The molecule has 2 saturated heterocycles. The maximum absolute atomic E-state index is 13.7. The van der Waals surface area contributed by atoms with Crippen LogP contribution in [0.1, 0.15) is 83.9 Å². The first-order chi connectivity index (χ1) is 22.5. The molecule has 1 aliphatic carbocycles. The Hall–Kier alpha value is -3.86. The van der Waals surface area contributed by atoms with E-state index in [9.17, 15) is 4.79 Å². The normalized spacial score (nSPS) is 21.4. The van der Waals surface area contributed by atoms with Gasteiger partial charge in [-0.2, -0.15) is 4.98 Å². The molecule has 0 aromatic carbocycles. The van der Waals surface area contributed by atoms with E-state index in [0.717, 1.165) is 81.0 Å². The van der Waals surface area contributed by atoms with Crippen molar-refractivity contribution in [3.05, 3.63) is 48.2 Å². The third-order valence-electron chi connectivity index (χ3n) is 9.92. The van der Waals surface area contributed by atoms with Crippen LogP contribution >= 0.6 is 0 Å². The van der Waals surface area contributed by atoms with Gasteiger partial charge in [-0.1, -0.05) is 40.7 Å². The Morgan fingerprint density at radius 2 is 1.74 bits per heavy atom. The highest BCUT2D eigenvalue weighted by molar-refractivity contribution is 5.83. The molecule has 1 unspecified atom stereocenters. The first kappa shape index (κ1) is 33.1. The molecule has 1 saturated carbocycles. The number of pyridine rings is 1.